The van der Waals surface area contributed by atoms with Crippen LogP contribution in [0, 0.1) is 0 Å². The van der Waals surface area contributed by atoms with Crippen molar-refractivity contribution in [2.45, 2.75) is 37.1 Å². The fourth-order valence-electron chi connectivity index (χ4n) is 3.13. The lowest BCUT2D eigenvalue weighted by molar-refractivity contribution is -0.140. The van der Waals surface area contributed by atoms with Gasteiger partial charge in [0, 0.05) is 25.1 Å². The summed E-state index contributed by atoms with van der Waals surface area (Å²) < 4.78 is 25.2. The van der Waals surface area contributed by atoms with Gasteiger partial charge in [0.15, 0.2) is 0 Å². The molecule has 0 saturated carbocycles. The Balaban J connectivity index is 1.77. The number of likely N-dealkylation sites (tertiary alicyclic amines) is 1. The van der Waals surface area contributed by atoms with Crippen LogP contribution in [0.3, 0.4) is 0 Å². The first kappa shape index (κ1) is 18.3. The summed E-state index contributed by atoms with van der Waals surface area (Å²) in [5, 5.41) is 0.678. The number of piperidine rings is 1. The summed E-state index contributed by atoms with van der Waals surface area (Å²) in [7, 11) is -4.01. The van der Waals surface area contributed by atoms with E-state index in [4.69, 9.17) is 0 Å². The van der Waals surface area contributed by atoms with Gasteiger partial charge in [-0.3, -0.25) is 20.0 Å². The zero-order valence-electron chi connectivity index (χ0n) is 14.3. The van der Waals surface area contributed by atoms with E-state index in [-0.39, 0.29) is 10.8 Å². The lowest BCUT2D eigenvalue weighted by atomic mass is 10.0. The lowest BCUT2D eigenvalue weighted by Crippen LogP contribution is -2.55. The normalized spacial score (nSPS) is 17.9. The van der Waals surface area contributed by atoms with E-state index in [0.29, 0.717) is 23.9 Å². The van der Waals surface area contributed by atoms with Crippen molar-refractivity contribution >= 4 is 32.7 Å². The molecule has 1 atom stereocenters. The average molecular weight is 376 g/mol. The largest absolute Gasteiger partial charge is 0.331 e. The first-order chi connectivity index (χ1) is 12.4. The van der Waals surface area contributed by atoms with E-state index in [0.717, 1.165) is 12.8 Å². The summed E-state index contributed by atoms with van der Waals surface area (Å²) in [5.74, 6) is -0.748. The average Bonchev–Trinajstić information content (AvgIpc) is 2.65. The summed E-state index contributed by atoms with van der Waals surface area (Å²) in [6, 6.07) is 7.59. The smallest absolute Gasteiger partial charge is 0.259 e. The molecule has 1 saturated heterocycles. The van der Waals surface area contributed by atoms with Gasteiger partial charge < -0.3 is 4.90 Å². The number of nitrogens with one attached hydrogen (secondary N) is 2. The van der Waals surface area contributed by atoms with Gasteiger partial charge in [-0.05, 0) is 31.4 Å². The fourth-order valence-corrected chi connectivity index (χ4v) is 4.16. The number of carbonyl (C=O) groups is 2. The van der Waals surface area contributed by atoms with E-state index in [1.165, 1.54) is 24.1 Å². The number of hydrogen-bond acceptors (Lipinski definition) is 5. The van der Waals surface area contributed by atoms with Gasteiger partial charge in [-0.15, -0.1) is 4.83 Å². The van der Waals surface area contributed by atoms with E-state index in [1.807, 2.05) is 0 Å². The molecule has 0 bridgehead atoms. The number of fused-ring (bicyclic) bond motifs is 1. The van der Waals surface area contributed by atoms with E-state index in [9.17, 15) is 18.0 Å². The predicted octanol–water partition coefficient (Wildman–Crippen LogP) is 0.945. The summed E-state index contributed by atoms with van der Waals surface area (Å²) in [6.45, 7) is 1.89. The zero-order valence-corrected chi connectivity index (χ0v) is 15.1. The molecule has 2 heterocycles. The van der Waals surface area contributed by atoms with Gasteiger partial charge in [-0.25, -0.2) is 8.42 Å². The van der Waals surface area contributed by atoms with Crippen molar-refractivity contribution in [1.82, 2.24) is 20.1 Å². The second-order valence-electron chi connectivity index (χ2n) is 6.15. The summed E-state index contributed by atoms with van der Waals surface area (Å²) >= 11 is 0. The molecule has 1 aromatic heterocycles. The number of pyridine rings is 1. The summed E-state index contributed by atoms with van der Waals surface area (Å²) in [5.41, 5.74) is 2.56. The number of hydrazine groups is 1. The van der Waals surface area contributed by atoms with Crippen molar-refractivity contribution in [3.8, 4) is 0 Å². The Morgan fingerprint density at radius 2 is 1.96 bits per heavy atom. The molecular formula is C17H20N4O4S. The number of hydrogen-bond donors (Lipinski definition) is 2. The Labute approximate surface area is 151 Å². The third-order valence-electron chi connectivity index (χ3n) is 4.40. The molecule has 3 rings (SSSR count). The molecule has 1 aliphatic heterocycles. The SMILES string of the molecule is CC(=O)N1CCCCC1C(=O)NNS(=O)(=O)c1cccc2cccnc12. The van der Waals surface area contributed by atoms with Crippen LogP contribution in [-0.2, 0) is 19.6 Å². The van der Waals surface area contributed by atoms with Crippen molar-refractivity contribution < 1.29 is 18.0 Å². The van der Waals surface area contributed by atoms with Crippen molar-refractivity contribution in [2.24, 2.45) is 0 Å². The van der Waals surface area contributed by atoms with Crippen molar-refractivity contribution in [1.29, 1.82) is 0 Å². The number of carbonyl (C=O) groups excluding carboxylic acids is 2. The molecule has 1 unspecified atom stereocenters. The quantitative estimate of drug-likeness (QED) is 0.772. The highest BCUT2D eigenvalue weighted by molar-refractivity contribution is 7.89. The molecule has 2 aromatic rings. The van der Waals surface area contributed by atoms with Crippen LogP contribution in [0.4, 0.5) is 0 Å². The first-order valence-electron chi connectivity index (χ1n) is 8.33. The molecule has 0 aliphatic carbocycles. The molecule has 0 spiro atoms. The van der Waals surface area contributed by atoms with Gasteiger partial charge in [-0.1, -0.05) is 18.2 Å². The summed E-state index contributed by atoms with van der Waals surface area (Å²) in [6.07, 6.45) is 3.65. The molecule has 1 aromatic carbocycles. The predicted molar refractivity (Wildman–Crippen MR) is 95.2 cm³/mol. The van der Waals surface area contributed by atoms with E-state index < -0.39 is 22.0 Å². The maximum atomic E-state index is 12.6. The first-order valence-corrected chi connectivity index (χ1v) is 9.81. The molecule has 138 valence electrons. The minimum absolute atomic E-state index is 0.0250. The zero-order chi connectivity index (χ0) is 18.7. The van der Waals surface area contributed by atoms with E-state index >= 15 is 0 Å². The number of sulfonamides is 1. The van der Waals surface area contributed by atoms with Crippen LogP contribution in [-0.4, -0.2) is 42.7 Å². The van der Waals surface area contributed by atoms with Gasteiger partial charge in [0.05, 0.1) is 5.52 Å². The van der Waals surface area contributed by atoms with Crippen LogP contribution < -0.4 is 10.3 Å². The van der Waals surface area contributed by atoms with Gasteiger partial charge in [-0.2, -0.15) is 0 Å². The van der Waals surface area contributed by atoms with Crippen LogP contribution >= 0.6 is 0 Å². The molecule has 26 heavy (non-hydrogen) atoms. The van der Waals surface area contributed by atoms with Gasteiger partial charge in [0.25, 0.3) is 15.9 Å². The van der Waals surface area contributed by atoms with Gasteiger partial charge in [0.1, 0.15) is 10.9 Å². The number of aromatic nitrogens is 1. The Bertz CT molecular complexity index is 939. The van der Waals surface area contributed by atoms with E-state index in [1.54, 1.807) is 24.3 Å². The van der Waals surface area contributed by atoms with Crippen LogP contribution in [0.15, 0.2) is 41.4 Å². The van der Waals surface area contributed by atoms with Crippen molar-refractivity contribution in [3.05, 3.63) is 36.5 Å². The van der Waals surface area contributed by atoms with Crippen LogP contribution in [0.2, 0.25) is 0 Å². The maximum absolute atomic E-state index is 12.6. The number of nitrogens with zero attached hydrogens (tertiary/aromatic N) is 2. The minimum Gasteiger partial charge on any atom is -0.331 e. The molecule has 8 nitrogen and oxygen atoms in total. The Morgan fingerprint density at radius 1 is 1.19 bits per heavy atom. The number of para-hydroxylation sites is 1. The Hall–Kier alpha value is -2.52. The monoisotopic (exact) mass is 376 g/mol. The maximum Gasteiger partial charge on any atom is 0.259 e. The van der Waals surface area contributed by atoms with Gasteiger partial charge in [0.2, 0.25) is 5.91 Å². The van der Waals surface area contributed by atoms with Crippen molar-refractivity contribution in [2.75, 3.05) is 6.54 Å². The van der Waals surface area contributed by atoms with E-state index in [2.05, 4.69) is 15.2 Å². The highest BCUT2D eigenvalue weighted by Crippen LogP contribution is 2.20. The third-order valence-corrected chi connectivity index (χ3v) is 5.68. The highest BCUT2D eigenvalue weighted by atomic mass is 32.2. The lowest BCUT2D eigenvalue weighted by Gasteiger charge is -2.33. The fraction of sp³-hybridized carbons (Fsp3) is 0.353. The summed E-state index contributed by atoms with van der Waals surface area (Å²) in [4.78, 5) is 31.8. The Morgan fingerprint density at radius 3 is 2.73 bits per heavy atom. The third kappa shape index (κ3) is 3.68. The van der Waals surface area contributed by atoms with Crippen molar-refractivity contribution in [3.63, 3.8) is 0 Å². The Kier molecular flexibility index (Phi) is 5.19. The number of rotatable bonds is 4. The molecule has 9 heteroatoms. The molecular weight excluding hydrogens is 356 g/mol. The second kappa shape index (κ2) is 7.38. The number of amides is 2. The molecule has 2 N–H and O–H groups in total. The van der Waals surface area contributed by atoms with Crippen LogP contribution in [0.25, 0.3) is 10.9 Å². The van der Waals surface area contributed by atoms with Crippen LogP contribution in [0.1, 0.15) is 26.2 Å². The highest BCUT2D eigenvalue weighted by Gasteiger charge is 2.31. The molecule has 0 radical (unpaired) electrons. The topological polar surface area (TPSA) is 108 Å². The van der Waals surface area contributed by atoms with Gasteiger partial charge >= 0.3 is 0 Å². The molecule has 1 fully saturated rings. The molecule has 1 aliphatic rings. The second-order valence-corrected chi connectivity index (χ2v) is 7.80. The number of benzene rings is 1. The van der Waals surface area contributed by atoms with Crippen LogP contribution in [0.5, 0.6) is 0 Å². The standard InChI is InChI=1S/C17H20N4O4S/c1-12(22)21-11-3-2-8-14(21)17(23)19-20-26(24,25)15-9-4-6-13-7-5-10-18-16(13)15/h4-7,9-10,14,20H,2-3,8,11H2,1H3,(H,19,23). The minimum atomic E-state index is -4.01. The molecule has 2 amide bonds.